The van der Waals surface area contributed by atoms with Crippen molar-refractivity contribution in [3.8, 4) is 17.4 Å². The molecule has 0 saturated carbocycles. The summed E-state index contributed by atoms with van der Waals surface area (Å²) in [5, 5.41) is 1.61. The highest BCUT2D eigenvalue weighted by molar-refractivity contribution is 6.30. The van der Waals surface area contributed by atoms with Gasteiger partial charge in [-0.1, -0.05) is 41.9 Å². The van der Waals surface area contributed by atoms with Gasteiger partial charge in [0.25, 0.3) is 0 Å². The van der Waals surface area contributed by atoms with Crippen LogP contribution < -0.4 is 4.74 Å². The molecule has 26 heavy (non-hydrogen) atoms. The minimum atomic E-state index is 0.551. The zero-order valence-corrected chi connectivity index (χ0v) is 14.9. The SMILES string of the molecule is COc1nc(-c2cccc(Cc3ccc(Cl)cc3)n2)nc2ccccc12. The van der Waals surface area contributed by atoms with Crippen LogP contribution in [-0.2, 0) is 6.42 Å². The molecule has 2 aromatic carbocycles. The lowest BCUT2D eigenvalue weighted by Crippen LogP contribution is -1.99. The van der Waals surface area contributed by atoms with Crippen molar-refractivity contribution in [2.45, 2.75) is 6.42 Å². The maximum Gasteiger partial charge on any atom is 0.224 e. The molecule has 2 heterocycles. The second-order valence-electron chi connectivity index (χ2n) is 5.89. The first-order chi connectivity index (χ1) is 12.7. The first kappa shape index (κ1) is 16.5. The molecular weight excluding hydrogens is 346 g/mol. The topological polar surface area (TPSA) is 47.9 Å². The lowest BCUT2D eigenvalue weighted by molar-refractivity contribution is 0.403. The van der Waals surface area contributed by atoms with E-state index in [9.17, 15) is 0 Å². The Morgan fingerprint density at radius 2 is 1.65 bits per heavy atom. The summed E-state index contributed by atoms with van der Waals surface area (Å²) in [4.78, 5) is 13.9. The molecule has 4 nitrogen and oxygen atoms in total. The molecule has 128 valence electrons. The number of halogens is 1. The van der Waals surface area contributed by atoms with E-state index >= 15 is 0 Å². The number of rotatable bonds is 4. The first-order valence-corrected chi connectivity index (χ1v) is 8.62. The molecule has 0 aliphatic rings. The first-order valence-electron chi connectivity index (χ1n) is 8.24. The van der Waals surface area contributed by atoms with Crippen molar-refractivity contribution in [3.05, 3.63) is 83.0 Å². The van der Waals surface area contributed by atoms with Gasteiger partial charge < -0.3 is 4.74 Å². The molecule has 0 N–H and O–H groups in total. The molecule has 0 amide bonds. The van der Waals surface area contributed by atoms with E-state index in [0.717, 1.165) is 39.3 Å². The van der Waals surface area contributed by atoms with Gasteiger partial charge in [0.2, 0.25) is 5.88 Å². The quantitative estimate of drug-likeness (QED) is 0.516. The summed E-state index contributed by atoms with van der Waals surface area (Å²) in [7, 11) is 1.61. The summed E-state index contributed by atoms with van der Waals surface area (Å²) in [6, 6.07) is 21.4. The van der Waals surface area contributed by atoms with Gasteiger partial charge in [-0.3, -0.25) is 0 Å². The van der Waals surface area contributed by atoms with E-state index in [1.807, 2.05) is 66.7 Å². The van der Waals surface area contributed by atoms with Crippen LogP contribution in [0.15, 0.2) is 66.7 Å². The van der Waals surface area contributed by atoms with Crippen molar-refractivity contribution >= 4 is 22.5 Å². The Kier molecular flexibility index (Phi) is 4.50. The van der Waals surface area contributed by atoms with Crippen molar-refractivity contribution in [3.63, 3.8) is 0 Å². The van der Waals surface area contributed by atoms with Crippen LogP contribution in [0.3, 0.4) is 0 Å². The summed E-state index contributed by atoms with van der Waals surface area (Å²) < 4.78 is 5.44. The van der Waals surface area contributed by atoms with E-state index in [1.54, 1.807) is 7.11 Å². The Morgan fingerprint density at radius 1 is 0.846 bits per heavy atom. The molecule has 0 aliphatic carbocycles. The second kappa shape index (κ2) is 7.10. The molecule has 0 unspecified atom stereocenters. The smallest absolute Gasteiger partial charge is 0.224 e. The van der Waals surface area contributed by atoms with Crippen molar-refractivity contribution in [2.24, 2.45) is 0 Å². The van der Waals surface area contributed by atoms with Gasteiger partial charge in [0.1, 0.15) is 5.69 Å². The lowest BCUT2D eigenvalue weighted by Gasteiger charge is -2.08. The Balaban J connectivity index is 1.72. The van der Waals surface area contributed by atoms with Crippen molar-refractivity contribution in [1.29, 1.82) is 0 Å². The lowest BCUT2D eigenvalue weighted by atomic mass is 10.1. The number of hydrogen-bond acceptors (Lipinski definition) is 4. The van der Waals surface area contributed by atoms with Gasteiger partial charge in [0.15, 0.2) is 5.82 Å². The Bertz CT molecular complexity index is 1060. The average Bonchev–Trinajstić information content (AvgIpc) is 2.69. The highest BCUT2D eigenvalue weighted by atomic mass is 35.5. The minimum Gasteiger partial charge on any atom is -0.480 e. The van der Waals surface area contributed by atoms with E-state index in [4.69, 9.17) is 21.3 Å². The summed E-state index contributed by atoms with van der Waals surface area (Å²) >= 11 is 5.95. The number of aromatic nitrogens is 3. The number of para-hydroxylation sites is 1. The number of methoxy groups -OCH3 is 1. The Labute approximate surface area is 156 Å². The highest BCUT2D eigenvalue weighted by Crippen LogP contribution is 2.25. The van der Waals surface area contributed by atoms with Gasteiger partial charge in [0, 0.05) is 17.1 Å². The molecule has 0 atom stereocenters. The third-order valence-electron chi connectivity index (χ3n) is 4.10. The molecule has 2 aromatic heterocycles. The van der Waals surface area contributed by atoms with Crippen molar-refractivity contribution in [2.75, 3.05) is 7.11 Å². The Morgan fingerprint density at radius 3 is 2.46 bits per heavy atom. The van der Waals surface area contributed by atoms with Crippen LogP contribution in [0.5, 0.6) is 5.88 Å². The Hall–Kier alpha value is -2.98. The zero-order chi connectivity index (χ0) is 17.9. The number of fused-ring (bicyclic) bond motifs is 1. The fourth-order valence-electron chi connectivity index (χ4n) is 2.83. The third kappa shape index (κ3) is 3.37. The number of benzene rings is 2. The van der Waals surface area contributed by atoms with E-state index < -0.39 is 0 Å². The number of nitrogens with zero attached hydrogens (tertiary/aromatic N) is 3. The minimum absolute atomic E-state index is 0.551. The fourth-order valence-corrected chi connectivity index (χ4v) is 2.96. The maximum absolute atomic E-state index is 5.95. The van der Waals surface area contributed by atoms with Crippen LogP contribution in [0.2, 0.25) is 5.02 Å². The molecule has 4 rings (SSSR count). The van der Waals surface area contributed by atoms with Crippen molar-refractivity contribution in [1.82, 2.24) is 15.0 Å². The molecule has 5 heteroatoms. The van der Waals surface area contributed by atoms with Gasteiger partial charge in [-0.25, -0.2) is 9.97 Å². The van der Waals surface area contributed by atoms with Crippen LogP contribution in [-0.4, -0.2) is 22.1 Å². The van der Waals surface area contributed by atoms with Gasteiger partial charge in [-0.05, 0) is 42.0 Å². The average molecular weight is 362 g/mol. The van der Waals surface area contributed by atoms with Crippen LogP contribution in [0.25, 0.3) is 22.4 Å². The van der Waals surface area contributed by atoms with Crippen LogP contribution in [0, 0.1) is 0 Å². The standard InChI is InChI=1S/C21H16ClN3O/c1-26-21-17-6-2-3-7-18(17)24-20(25-21)19-8-4-5-16(23-19)13-14-9-11-15(22)12-10-14/h2-12H,13H2,1H3. The largest absolute Gasteiger partial charge is 0.480 e. The van der Waals surface area contributed by atoms with Crippen LogP contribution in [0.4, 0.5) is 0 Å². The van der Waals surface area contributed by atoms with E-state index in [1.165, 1.54) is 0 Å². The second-order valence-corrected chi connectivity index (χ2v) is 6.33. The summed E-state index contributed by atoms with van der Waals surface area (Å²) in [5.41, 5.74) is 3.65. The zero-order valence-electron chi connectivity index (χ0n) is 14.2. The summed E-state index contributed by atoms with van der Waals surface area (Å²) in [6.07, 6.45) is 0.718. The van der Waals surface area contributed by atoms with Crippen LogP contribution >= 0.6 is 11.6 Å². The molecular formula is C21H16ClN3O. The molecule has 0 radical (unpaired) electrons. The van der Waals surface area contributed by atoms with E-state index in [0.29, 0.717) is 11.7 Å². The van der Waals surface area contributed by atoms with E-state index in [2.05, 4.69) is 9.97 Å². The van der Waals surface area contributed by atoms with Gasteiger partial charge in [-0.15, -0.1) is 0 Å². The number of hydrogen-bond donors (Lipinski definition) is 0. The van der Waals surface area contributed by atoms with Gasteiger partial charge >= 0.3 is 0 Å². The van der Waals surface area contributed by atoms with Gasteiger partial charge in [0.05, 0.1) is 18.0 Å². The van der Waals surface area contributed by atoms with E-state index in [-0.39, 0.29) is 0 Å². The summed E-state index contributed by atoms with van der Waals surface area (Å²) in [6.45, 7) is 0. The molecule has 4 aromatic rings. The third-order valence-corrected chi connectivity index (χ3v) is 4.35. The highest BCUT2D eigenvalue weighted by Gasteiger charge is 2.11. The number of pyridine rings is 1. The van der Waals surface area contributed by atoms with Crippen molar-refractivity contribution < 1.29 is 4.74 Å². The predicted octanol–water partition coefficient (Wildman–Crippen LogP) is 4.94. The normalized spacial score (nSPS) is 10.8. The maximum atomic E-state index is 5.95. The summed E-state index contributed by atoms with van der Waals surface area (Å²) in [5.74, 6) is 1.11. The van der Waals surface area contributed by atoms with Gasteiger partial charge in [-0.2, -0.15) is 4.98 Å². The molecule has 0 fully saturated rings. The molecule has 0 aliphatic heterocycles. The van der Waals surface area contributed by atoms with Crippen LogP contribution in [0.1, 0.15) is 11.3 Å². The fraction of sp³-hybridized carbons (Fsp3) is 0.0952. The monoisotopic (exact) mass is 361 g/mol. The molecule has 0 bridgehead atoms. The number of ether oxygens (including phenoxy) is 1. The molecule has 0 spiro atoms. The predicted molar refractivity (Wildman–Crippen MR) is 104 cm³/mol. The molecule has 0 saturated heterocycles.